The molecule has 148 valence electrons. The summed E-state index contributed by atoms with van der Waals surface area (Å²) in [5, 5.41) is 7.41. The number of carbonyl (C=O) groups excluding carboxylic acids is 2. The van der Waals surface area contributed by atoms with E-state index in [-0.39, 0.29) is 29.1 Å². The molecule has 2 fully saturated rings. The molecule has 0 saturated carbocycles. The smallest absolute Gasteiger partial charge is 0.257 e. The lowest BCUT2D eigenvalue weighted by atomic mass is 9.68. The van der Waals surface area contributed by atoms with Gasteiger partial charge in [-0.3, -0.25) is 9.59 Å². The summed E-state index contributed by atoms with van der Waals surface area (Å²) in [5.41, 5.74) is 1.44. The first-order valence-corrected chi connectivity index (χ1v) is 9.70. The van der Waals surface area contributed by atoms with Gasteiger partial charge in [-0.15, -0.1) is 0 Å². The van der Waals surface area contributed by atoms with Gasteiger partial charge in [-0.1, -0.05) is 6.07 Å². The first-order chi connectivity index (χ1) is 13.3. The molecule has 2 aromatic rings. The van der Waals surface area contributed by atoms with E-state index < -0.39 is 0 Å². The molecule has 0 bridgehead atoms. The molecule has 0 spiro atoms. The van der Waals surface area contributed by atoms with Crippen molar-refractivity contribution < 1.29 is 14.0 Å². The molecular formula is C21H25FN4O2. The lowest BCUT2D eigenvalue weighted by Crippen LogP contribution is -2.68. The van der Waals surface area contributed by atoms with E-state index in [1.807, 2.05) is 18.7 Å². The van der Waals surface area contributed by atoms with Crippen LogP contribution in [0.3, 0.4) is 0 Å². The standard InChI is InChI=1S/C21H25FN4O2/c1-13-17(12-26(24-13)16-6-4-5-15(22)11-16)19(27)25-9-7-14(8-10-25)18-21(2,3)20(28)23-18/h4-6,11-12,14,18H,7-10H2,1-3H3,(H,23,28). The van der Waals surface area contributed by atoms with Crippen molar-refractivity contribution in [3.8, 4) is 5.69 Å². The van der Waals surface area contributed by atoms with Gasteiger partial charge in [0.05, 0.1) is 22.4 Å². The number of halogens is 1. The predicted molar refractivity (Wildman–Crippen MR) is 103 cm³/mol. The SMILES string of the molecule is Cc1nn(-c2cccc(F)c2)cc1C(=O)N1CCC(C2NC(=O)C2(C)C)CC1. The fourth-order valence-corrected chi connectivity index (χ4v) is 4.31. The highest BCUT2D eigenvalue weighted by molar-refractivity contribution is 5.95. The first kappa shape index (κ1) is 18.7. The zero-order valence-corrected chi connectivity index (χ0v) is 16.4. The summed E-state index contributed by atoms with van der Waals surface area (Å²) in [4.78, 5) is 26.6. The van der Waals surface area contributed by atoms with Gasteiger partial charge in [0.25, 0.3) is 5.91 Å². The maximum absolute atomic E-state index is 13.5. The number of hydrogen-bond acceptors (Lipinski definition) is 3. The van der Waals surface area contributed by atoms with Crippen LogP contribution in [0.5, 0.6) is 0 Å². The second-order valence-corrected chi connectivity index (χ2v) is 8.36. The normalized spacial score (nSPS) is 21.9. The Balaban J connectivity index is 1.44. The molecule has 1 aromatic heterocycles. The highest BCUT2D eigenvalue weighted by Crippen LogP contribution is 2.38. The van der Waals surface area contributed by atoms with Crippen LogP contribution in [-0.4, -0.2) is 45.6 Å². The topological polar surface area (TPSA) is 67.2 Å². The maximum atomic E-state index is 13.5. The maximum Gasteiger partial charge on any atom is 0.257 e. The van der Waals surface area contributed by atoms with Crippen molar-refractivity contribution >= 4 is 11.8 Å². The lowest BCUT2D eigenvalue weighted by molar-refractivity contribution is -0.146. The largest absolute Gasteiger partial charge is 0.351 e. The van der Waals surface area contributed by atoms with Gasteiger partial charge < -0.3 is 10.2 Å². The summed E-state index contributed by atoms with van der Waals surface area (Å²) < 4.78 is 15.0. The molecule has 1 atom stereocenters. The van der Waals surface area contributed by atoms with Gasteiger partial charge in [-0.2, -0.15) is 5.10 Å². The van der Waals surface area contributed by atoms with E-state index in [4.69, 9.17) is 0 Å². The van der Waals surface area contributed by atoms with Gasteiger partial charge in [0, 0.05) is 25.3 Å². The number of hydrogen-bond donors (Lipinski definition) is 1. The fourth-order valence-electron chi connectivity index (χ4n) is 4.31. The highest BCUT2D eigenvalue weighted by atomic mass is 19.1. The third-order valence-corrected chi connectivity index (χ3v) is 6.15. The number of nitrogens with zero attached hydrogens (tertiary/aromatic N) is 3. The molecule has 1 unspecified atom stereocenters. The average molecular weight is 384 g/mol. The molecule has 3 heterocycles. The van der Waals surface area contributed by atoms with E-state index >= 15 is 0 Å². The minimum absolute atomic E-state index is 0.0458. The van der Waals surface area contributed by atoms with Gasteiger partial charge in [0.15, 0.2) is 0 Å². The van der Waals surface area contributed by atoms with E-state index in [2.05, 4.69) is 10.4 Å². The third-order valence-electron chi connectivity index (χ3n) is 6.15. The Labute approximate surface area is 163 Å². The molecule has 28 heavy (non-hydrogen) atoms. The Hall–Kier alpha value is -2.70. The molecule has 2 amide bonds. The van der Waals surface area contributed by atoms with Gasteiger partial charge in [0.2, 0.25) is 5.91 Å². The number of rotatable bonds is 3. The van der Waals surface area contributed by atoms with E-state index in [0.29, 0.717) is 36.0 Å². The Morgan fingerprint density at radius 3 is 2.61 bits per heavy atom. The second-order valence-electron chi connectivity index (χ2n) is 8.36. The van der Waals surface area contributed by atoms with Crippen LogP contribution in [0.4, 0.5) is 4.39 Å². The van der Waals surface area contributed by atoms with Crippen molar-refractivity contribution in [2.45, 2.75) is 39.7 Å². The molecule has 2 saturated heterocycles. The first-order valence-electron chi connectivity index (χ1n) is 9.70. The van der Waals surface area contributed by atoms with Crippen LogP contribution in [0.25, 0.3) is 5.69 Å². The molecule has 0 radical (unpaired) electrons. The second kappa shape index (κ2) is 6.72. The van der Waals surface area contributed by atoms with Crippen molar-refractivity contribution in [3.05, 3.63) is 47.5 Å². The highest BCUT2D eigenvalue weighted by Gasteiger charge is 2.51. The molecular weight excluding hydrogens is 359 g/mol. The van der Waals surface area contributed by atoms with Crippen LogP contribution in [-0.2, 0) is 4.79 Å². The zero-order valence-electron chi connectivity index (χ0n) is 16.4. The molecule has 2 aliphatic rings. The Kier molecular flexibility index (Phi) is 4.48. The number of β-lactam (4-membered cyclic amide) rings is 1. The van der Waals surface area contributed by atoms with Gasteiger partial charge in [0.1, 0.15) is 5.82 Å². The van der Waals surface area contributed by atoms with Gasteiger partial charge in [-0.05, 0) is 57.7 Å². The van der Waals surface area contributed by atoms with Crippen LogP contribution >= 0.6 is 0 Å². The summed E-state index contributed by atoms with van der Waals surface area (Å²) in [5.74, 6) is 0.117. The number of aromatic nitrogens is 2. The number of likely N-dealkylation sites (tertiary alicyclic amines) is 1. The zero-order chi connectivity index (χ0) is 20.1. The van der Waals surface area contributed by atoms with Crippen molar-refractivity contribution in [2.24, 2.45) is 11.3 Å². The fraction of sp³-hybridized carbons (Fsp3) is 0.476. The van der Waals surface area contributed by atoms with E-state index in [1.165, 1.54) is 12.1 Å². The molecule has 1 N–H and O–H groups in total. The van der Waals surface area contributed by atoms with Crippen LogP contribution in [0.15, 0.2) is 30.5 Å². The quantitative estimate of drug-likeness (QED) is 0.828. The lowest BCUT2D eigenvalue weighted by Gasteiger charge is -2.50. The predicted octanol–water partition coefficient (Wildman–Crippen LogP) is 2.70. The number of amides is 2. The minimum atomic E-state index is -0.341. The summed E-state index contributed by atoms with van der Waals surface area (Å²) in [6.45, 7) is 7.09. The number of nitrogens with one attached hydrogen (secondary N) is 1. The van der Waals surface area contributed by atoms with Gasteiger partial charge >= 0.3 is 0 Å². The third kappa shape index (κ3) is 3.08. The van der Waals surface area contributed by atoms with Crippen molar-refractivity contribution in [1.29, 1.82) is 0 Å². The van der Waals surface area contributed by atoms with Crippen molar-refractivity contribution in [1.82, 2.24) is 20.0 Å². The van der Waals surface area contributed by atoms with E-state index in [9.17, 15) is 14.0 Å². The minimum Gasteiger partial charge on any atom is -0.351 e. The molecule has 1 aromatic carbocycles. The molecule has 2 aliphatic heterocycles. The van der Waals surface area contributed by atoms with Crippen LogP contribution in [0.2, 0.25) is 0 Å². The van der Waals surface area contributed by atoms with Crippen LogP contribution in [0.1, 0.15) is 42.7 Å². The summed E-state index contributed by atoms with van der Waals surface area (Å²) in [6, 6.07) is 6.33. The number of carbonyl (C=O) groups is 2. The summed E-state index contributed by atoms with van der Waals surface area (Å²) in [7, 11) is 0. The average Bonchev–Trinajstić information content (AvgIpc) is 3.07. The Morgan fingerprint density at radius 2 is 2.00 bits per heavy atom. The number of aryl methyl sites for hydroxylation is 1. The molecule has 0 aliphatic carbocycles. The summed E-state index contributed by atoms with van der Waals surface area (Å²) in [6.07, 6.45) is 3.42. The Bertz CT molecular complexity index is 928. The van der Waals surface area contributed by atoms with Crippen LogP contribution in [0, 0.1) is 24.1 Å². The van der Waals surface area contributed by atoms with Gasteiger partial charge in [-0.25, -0.2) is 9.07 Å². The number of piperidine rings is 1. The van der Waals surface area contributed by atoms with Crippen molar-refractivity contribution in [3.63, 3.8) is 0 Å². The van der Waals surface area contributed by atoms with Crippen molar-refractivity contribution in [2.75, 3.05) is 13.1 Å². The van der Waals surface area contributed by atoms with Crippen LogP contribution < -0.4 is 5.32 Å². The molecule has 4 rings (SSSR count). The monoisotopic (exact) mass is 384 g/mol. The van der Waals surface area contributed by atoms with E-state index in [0.717, 1.165) is 12.8 Å². The number of benzene rings is 1. The summed E-state index contributed by atoms with van der Waals surface area (Å²) >= 11 is 0. The van der Waals surface area contributed by atoms with E-state index in [1.54, 1.807) is 29.9 Å². The Morgan fingerprint density at radius 1 is 1.29 bits per heavy atom. The molecule has 6 nitrogen and oxygen atoms in total. The molecule has 7 heteroatoms.